The fourth-order valence-corrected chi connectivity index (χ4v) is 4.02. The highest BCUT2D eigenvalue weighted by Gasteiger charge is 2.33. The first kappa shape index (κ1) is 23.7. The lowest BCUT2D eigenvalue weighted by Crippen LogP contribution is -2.23. The summed E-state index contributed by atoms with van der Waals surface area (Å²) in [4.78, 5) is 24.6. The number of methoxy groups -OCH3 is 1. The molecule has 1 aromatic carbocycles. The van der Waals surface area contributed by atoms with Gasteiger partial charge in [-0.25, -0.2) is 9.59 Å². The number of esters is 2. The maximum absolute atomic E-state index is 12.5. The number of carbonyl (C=O) groups is 2. The Kier molecular flexibility index (Phi) is 7.89. The van der Waals surface area contributed by atoms with Crippen LogP contribution in [0.15, 0.2) is 24.3 Å². The smallest absolute Gasteiger partial charge is 0.342 e. The van der Waals surface area contributed by atoms with E-state index in [2.05, 4.69) is 26.2 Å². The van der Waals surface area contributed by atoms with Crippen LogP contribution < -0.4 is 9.47 Å². The molecule has 0 fully saturated rings. The largest absolute Gasteiger partial charge is 0.496 e. The molecule has 0 saturated carbocycles. The second kappa shape index (κ2) is 9.98. The molecular formula is C23H32O6Si. The Labute approximate surface area is 179 Å². The lowest BCUT2D eigenvalue weighted by Gasteiger charge is -2.21. The van der Waals surface area contributed by atoms with Gasteiger partial charge in [0.15, 0.2) is 0 Å². The highest BCUT2D eigenvalue weighted by Crippen LogP contribution is 2.43. The minimum Gasteiger partial charge on any atom is -0.496 e. The average molecular weight is 433 g/mol. The van der Waals surface area contributed by atoms with Gasteiger partial charge in [-0.2, -0.15) is 0 Å². The number of hydrogen-bond donors (Lipinski definition) is 0. The fraction of sp³-hybridized carbons (Fsp3) is 0.478. The third-order valence-electron chi connectivity index (χ3n) is 4.98. The predicted octanol–water partition coefficient (Wildman–Crippen LogP) is 4.61. The molecule has 7 heteroatoms. The molecular weight excluding hydrogens is 400 g/mol. The number of allylic oxidation sites excluding steroid dienone is 1. The van der Waals surface area contributed by atoms with E-state index in [1.165, 1.54) is 6.08 Å². The van der Waals surface area contributed by atoms with Crippen molar-refractivity contribution in [2.24, 2.45) is 0 Å². The van der Waals surface area contributed by atoms with Crippen LogP contribution in [0.3, 0.4) is 0 Å². The van der Waals surface area contributed by atoms with Gasteiger partial charge in [0.1, 0.15) is 23.7 Å². The summed E-state index contributed by atoms with van der Waals surface area (Å²) in [5, 5.41) is 0. The second-order valence-electron chi connectivity index (χ2n) is 8.34. The van der Waals surface area contributed by atoms with Crippen LogP contribution in [0.4, 0.5) is 0 Å². The molecule has 164 valence electrons. The Hall–Kier alpha value is -2.54. The Balaban J connectivity index is 2.54. The van der Waals surface area contributed by atoms with E-state index in [1.54, 1.807) is 20.1 Å². The molecule has 0 aromatic heterocycles. The number of fused-ring (bicyclic) bond motifs is 1. The summed E-state index contributed by atoms with van der Waals surface area (Å²) in [7, 11) is 0.260. The van der Waals surface area contributed by atoms with Gasteiger partial charge in [0.2, 0.25) is 0 Å². The molecule has 1 aliphatic rings. The third-order valence-corrected chi connectivity index (χ3v) is 6.69. The van der Waals surface area contributed by atoms with Gasteiger partial charge in [-0.05, 0) is 31.9 Å². The topological polar surface area (TPSA) is 71.1 Å². The van der Waals surface area contributed by atoms with E-state index >= 15 is 0 Å². The molecule has 0 bridgehead atoms. The minimum atomic E-state index is -1.33. The Morgan fingerprint density at radius 1 is 1.27 bits per heavy atom. The lowest BCUT2D eigenvalue weighted by molar-refractivity contribution is -0.138. The van der Waals surface area contributed by atoms with Gasteiger partial charge in [-0.15, -0.1) is 0 Å². The summed E-state index contributed by atoms with van der Waals surface area (Å²) in [5.41, 5.74) is 3.17. The van der Waals surface area contributed by atoms with Crippen LogP contribution in [0.2, 0.25) is 25.7 Å². The molecule has 0 atom stereocenters. The number of rotatable bonds is 10. The van der Waals surface area contributed by atoms with E-state index in [-0.39, 0.29) is 13.2 Å². The molecule has 0 aliphatic carbocycles. The van der Waals surface area contributed by atoms with Crippen molar-refractivity contribution in [2.75, 3.05) is 20.3 Å². The fourth-order valence-electron chi connectivity index (χ4n) is 3.30. The molecule has 1 heterocycles. The van der Waals surface area contributed by atoms with Crippen molar-refractivity contribution in [1.29, 1.82) is 0 Å². The summed E-state index contributed by atoms with van der Waals surface area (Å²) in [6.07, 6.45) is 3.51. The van der Waals surface area contributed by atoms with Crippen LogP contribution >= 0.6 is 0 Å². The van der Waals surface area contributed by atoms with E-state index in [4.69, 9.17) is 18.9 Å². The van der Waals surface area contributed by atoms with E-state index in [0.717, 1.165) is 17.2 Å². The van der Waals surface area contributed by atoms with E-state index in [0.29, 0.717) is 41.2 Å². The molecule has 0 saturated heterocycles. The van der Waals surface area contributed by atoms with Gasteiger partial charge >= 0.3 is 11.9 Å². The molecule has 30 heavy (non-hydrogen) atoms. The zero-order valence-corrected chi connectivity index (χ0v) is 19.8. The van der Waals surface area contributed by atoms with Crippen LogP contribution in [0.5, 0.6) is 11.5 Å². The van der Waals surface area contributed by atoms with Crippen molar-refractivity contribution >= 4 is 20.0 Å². The zero-order valence-electron chi connectivity index (χ0n) is 18.8. The highest BCUT2D eigenvalue weighted by atomic mass is 28.3. The number of cyclic esters (lactones) is 1. The predicted molar refractivity (Wildman–Crippen MR) is 119 cm³/mol. The quantitative estimate of drug-likeness (QED) is 0.233. The van der Waals surface area contributed by atoms with Gasteiger partial charge in [0.05, 0.1) is 25.9 Å². The van der Waals surface area contributed by atoms with Crippen molar-refractivity contribution in [3.05, 3.63) is 46.6 Å². The second-order valence-corrected chi connectivity index (χ2v) is 14.0. The maximum atomic E-state index is 12.5. The van der Waals surface area contributed by atoms with Crippen molar-refractivity contribution in [2.45, 2.75) is 52.6 Å². The molecule has 1 aliphatic heterocycles. The van der Waals surface area contributed by atoms with Crippen LogP contribution in [0.1, 0.15) is 34.0 Å². The molecule has 6 nitrogen and oxygen atoms in total. The number of ether oxygens (including phenoxy) is 4. The summed E-state index contributed by atoms with van der Waals surface area (Å²) in [6, 6.07) is 0.947. The highest BCUT2D eigenvalue weighted by molar-refractivity contribution is 6.76. The van der Waals surface area contributed by atoms with Crippen molar-refractivity contribution < 1.29 is 28.5 Å². The van der Waals surface area contributed by atoms with E-state index in [9.17, 15) is 9.59 Å². The van der Waals surface area contributed by atoms with Crippen LogP contribution in [-0.2, 0) is 27.3 Å². The summed E-state index contributed by atoms with van der Waals surface area (Å²) in [6.45, 7) is 15.2. The molecule has 2 rings (SSSR count). The van der Waals surface area contributed by atoms with Gasteiger partial charge in [-0.1, -0.05) is 38.4 Å². The summed E-state index contributed by atoms with van der Waals surface area (Å²) >= 11 is 0. The molecule has 1 aromatic rings. The Bertz CT molecular complexity index is 864. The van der Waals surface area contributed by atoms with Crippen molar-refractivity contribution in [3.8, 4) is 11.5 Å². The molecule has 0 unspecified atom stereocenters. The van der Waals surface area contributed by atoms with Gasteiger partial charge < -0.3 is 18.9 Å². The average Bonchev–Trinajstić information content (AvgIpc) is 3.06. The SMILES string of the molecule is C=CC(=CCc1c(OC)c(C)c2c(c1OCC[Si](C)(C)C)C(=O)OC2)C(=O)OCC. The molecule has 0 radical (unpaired) electrons. The molecule has 0 amide bonds. The molecule has 0 spiro atoms. The van der Waals surface area contributed by atoms with Crippen LogP contribution in [-0.4, -0.2) is 40.3 Å². The Morgan fingerprint density at radius 3 is 2.53 bits per heavy atom. The van der Waals surface area contributed by atoms with Crippen LogP contribution in [0.25, 0.3) is 0 Å². The molecule has 0 N–H and O–H groups in total. The Morgan fingerprint density at radius 2 is 1.97 bits per heavy atom. The van der Waals surface area contributed by atoms with E-state index in [1.807, 2.05) is 6.92 Å². The van der Waals surface area contributed by atoms with Gasteiger partial charge in [0.25, 0.3) is 0 Å². The maximum Gasteiger partial charge on any atom is 0.342 e. The zero-order chi connectivity index (χ0) is 22.5. The van der Waals surface area contributed by atoms with E-state index < -0.39 is 20.0 Å². The monoisotopic (exact) mass is 432 g/mol. The minimum absolute atomic E-state index is 0.206. The standard InChI is InChI=1S/C23H32O6Si/c1-8-16(22(24)27-9-2)10-11-17-20(26-4)15(3)18-14-29-23(25)19(18)21(17)28-12-13-30(5,6)7/h8,10H,1,9,11-14H2,2-7H3. The first-order chi connectivity index (χ1) is 14.1. The number of benzene rings is 1. The van der Waals surface area contributed by atoms with Crippen molar-refractivity contribution in [3.63, 3.8) is 0 Å². The van der Waals surface area contributed by atoms with Gasteiger partial charge in [-0.3, -0.25) is 0 Å². The van der Waals surface area contributed by atoms with Crippen molar-refractivity contribution in [1.82, 2.24) is 0 Å². The number of hydrogen-bond acceptors (Lipinski definition) is 6. The van der Waals surface area contributed by atoms with Crippen LogP contribution in [0, 0.1) is 6.92 Å². The first-order valence-corrected chi connectivity index (χ1v) is 13.9. The first-order valence-electron chi connectivity index (χ1n) is 10.2. The third kappa shape index (κ3) is 5.33. The number of carbonyl (C=O) groups excluding carboxylic acids is 2. The lowest BCUT2D eigenvalue weighted by atomic mass is 9.94. The van der Waals surface area contributed by atoms with Gasteiger partial charge in [0, 0.05) is 19.2 Å². The summed E-state index contributed by atoms with van der Waals surface area (Å²) in [5.74, 6) is 0.290. The normalized spacial score (nSPS) is 13.5. The summed E-state index contributed by atoms with van der Waals surface area (Å²) < 4.78 is 22.2.